The van der Waals surface area contributed by atoms with E-state index in [-0.39, 0.29) is 43.4 Å². The molecule has 0 heterocycles. The van der Waals surface area contributed by atoms with Crippen molar-refractivity contribution in [2.24, 2.45) is 0 Å². The second kappa shape index (κ2) is 8.75. The molecule has 12 heavy (non-hydrogen) atoms. The molecule has 0 aliphatic carbocycles. The maximum Gasteiger partial charge on any atom is 2.00 e. The van der Waals surface area contributed by atoms with E-state index in [2.05, 4.69) is 0 Å². The van der Waals surface area contributed by atoms with Crippen LogP contribution in [0.5, 0.6) is 0 Å². The maximum atomic E-state index is 8.52. The van der Waals surface area contributed by atoms with Gasteiger partial charge in [-0.25, -0.2) is 0 Å². The molecule has 0 amide bonds. The van der Waals surface area contributed by atoms with Crippen LogP contribution in [0, 0.1) is 0 Å². The largest absolute Gasteiger partial charge is 2.00 e. The summed E-state index contributed by atoms with van der Waals surface area (Å²) in [5, 5.41) is 0. The van der Waals surface area contributed by atoms with Crippen LogP contribution in [0.1, 0.15) is 0 Å². The summed E-state index contributed by atoms with van der Waals surface area (Å²) in [6, 6.07) is 0. The van der Waals surface area contributed by atoms with Gasteiger partial charge >= 0.3 is 43.4 Å². The minimum Gasteiger partial charge on any atom is -0.759 e. The van der Waals surface area contributed by atoms with Crippen molar-refractivity contribution in [2.45, 2.75) is 0 Å². The third kappa shape index (κ3) is 846. The first-order valence-electron chi connectivity index (χ1n) is 1.33. The van der Waals surface area contributed by atoms with Gasteiger partial charge < -0.3 is 18.2 Å². The Bertz CT molecular complexity index is 211. The molecule has 8 nitrogen and oxygen atoms in total. The molecule has 12 heteroatoms. The predicted octanol–water partition coefficient (Wildman–Crippen LogP) is -2.68. The summed E-state index contributed by atoms with van der Waals surface area (Å²) < 4.78 is 68.2. The third-order valence-corrected chi connectivity index (χ3v) is 0. The molecule has 0 spiro atoms. The molecule has 0 aromatic carbocycles. The van der Waals surface area contributed by atoms with Crippen molar-refractivity contribution in [2.75, 3.05) is 0 Å². The molecule has 0 bridgehead atoms. The van der Waals surface area contributed by atoms with Gasteiger partial charge in [0.2, 0.25) is 0 Å². The quantitative estimate of drug-likeness (QED) is 0.264. The molecule has 0 N–H and O–H groups in total. The van der Waals surface area contributed by atoms with E-state index in [9.17, 15) is 0 Å². The van der Waals surface area contributed by atoms with Crippen molar-refractivity contribution in [3.8, 4) is 0 Å². The van der Waals surface area contributed by atoms with E-state index in [1.54, 1.807) is 0 Å². The molecule has 0 rings (SSSR count). The zero-order valence-electron chi connectivity index (χ0n) is 5.08. The average Bonchev–Trinajstić information content (AvgIpc) is 1.12. The SMILES string of the molecule is O=S(=O)([O-])[O-].O=S(=O)([O-])[O-].[Ti+2].[Ti+2]. The van der Waals surface area contributed by atoms with Gasteiger partial charge in [0.25, 0.3) is 0 Å². The maximum absolute atomic E-state index is 8.52. The zero-order valence-corrected chi connectivity index (χ0v) is 9.84. The van der Waals surface area contributed by atoms with Gasteiger partial charge in [0.1, 0.15) is 0 Å². The monoisotopic (exact) mass is 288 g/mol. The summed E-state index contributed by atoms with van der Waals surface area (Å²) >= 11 is 0. The molecule has 0 aromatic rings. The molecular formula is O8S2Ti2. The van der Waals surface area contributed by atoms with E-state index in [0.717, 1.165) is 0 Å². The van der Waals surface area contributed by atoms with Crippen molar-refractivity contribution < 1.29 is 78.5 Å². The molecule has 0 saturated heterocycles. The molecule has 0 radical (unpaired) electrons. The van der Waals surface area contributed by atoms with E-state index < -0.39 is 20.8 Å². The Morgan fingerprint density at radius 3 is 0.583 bits per heavy atom. The normalized spacial score (nSPS) is 9.67. The average molecular weight is 288 g/mol. The van der Waals surface area contributed by atoms with Crippen LogP contribution in [0.2, 0.25) is 0 Å². The molecule has 0 atom stereocenters. The smallest absolute Gasteiger partial charge is 0.759 e. The fourth-order valence-corrected chi connectivity index (χ4v) is 0. The van der Waals surface area contributed by atoms with Crippen LogP contribution < -0.4 is 0 Å². The first-order chi connectivity index (χ1) is 4.00. The summed E-state index contributed by atoms with van der Waals surface area (Å²) in [6.07, 6.45) is 0. The van der Waals surface area contributed by atoms with Crippen LogP contribution in [0.3, 0.4) is 0 Å². The van der Waals surface area contributed by atoms with Crippen LogP contribution in [0.15, 0.2) is 0 Å². The molecule has 0 aromatic heterocycles. The molecule has 0 fully saturated rings. The molecule has 0 aliphatic rings. The Kier molecular flexibility index (Phi) is 16.9. The van der Waals surface area contributed by atoms with E-state index in [1.807, 2.05) is 0 Å². The second-order valence-electron chi connectivity index (χ2n) is 0.816. The molecule has 0 aliphatic heterocycles. The molecule has 0 saturated carbocycles. The fourth-order valence-electron chi connectivity index (χ4n) is 0. The van der Waals surface area contributed by atoms with Crippen LogP contribution in [0.25, 0.3) is 0 Å². The van der Waals surface area contributed by atoms with Gasteiger partial charge in [-0.05, 0) is 0 Å². The van der Waals surface area contributed by atoms with E-state index in [4.69, 9.17) is 35.0 Å². The summed E-state index contributed by atoms with van der Waals surface area (Å²) in [5.74, 6) is 0. The molecular weight excluding hydrogens is 288 g/mol. The molecule has 68 valence electrons. The fraction of sp³-hybridized carbons (Fsp3) is 0. The van der Waals surface area contributed by atoms with E-state index in [0.29, 0.717) is 0 Å². The Morgan fingerprint density at radius 2 is 0.583 bits per heavy atom. The topological polar surface area (TPSA) is 161 Å². The van der Waals surface area contributed by atoms with Gasteiger partial charge in [0.15, 0.2) is 0 Å². The molecule has 0 unspecified atom stereocenters. The third-order valence-electron chi connectivity index (χ3n) is 0. The number of hydrogen-bond acceptors (Lipinski definition) is 8. The Balaban J connectivity index is -0.0000000457. The number of rotatable bonds is 0. The zero-order chi connectivity index (χ0) is 9.00. The van der Waals surface area contributed by atoms with Crippen LogP contribution in [0.4, 0.5) is 0 Å². The van der Waals surface area contributed by atoms with Gasteiger partial charge in [-0.15, -0.1) is 0 Å². The van der Waals surface area contributed by atoms with Crippen LogP contribution in [-0.2, 0) is 64.2 Å². The van der Waals surface area contributed by atoms with Crippen molar-refractivity contribution >= 4 is 20.8 Å². The van der Waals surface area contributed by atoms with Crippen LogP contribution in [-0.4, -0.2) is 35.0 Å². The second-order valence-corrected chi connectivity index (χ2v) is 2.45. The minimum absolute atomic E-state index is 0. The van der Waals surface area contributed by atoms with Crippen molar-refractivity contribution in [3.63, 3.8) is 0 Å². The van der Waals surface area contributed by atoms with E-state index in [1.165, 1.54) is 0 Å². The first kappa shape index (κ1) is 23.2. The van der Waals surface area contributed by atoms with Gasteiger partial charge in [-0.1, -0.05) is 0 Å². The van der Waals surface area contributed by atoms with Gasteiger partial charge in [-0.3, -0.25) is 16.8 Å². The Morgan fingerprint density at radius 1 is 0.583 bits per heavy atom. The summed E-state index contributed by atoms with van der Waals surface area (Å²) in [5.41, 5.74) is 0. The Hall–Kier alpha value is 1.17. The van der Waals surface area contributed by atoms with E-state index >= 15 is 0 Å². The predicted molar refractivity (Wildman–Crippen MR) is 20.9 cm³/mol. The standard InChI is InChI=1S/2H2O4S.2Ti/c2*1-5(2,3)4;;/h2*(H2,1,2,3,4);;/q;;2*+2/p-4. The summed E-state index contributed by atoms with van der Waals surface area (Å²) in [7, 11) is -10.3. The van der Waals surface area contributed by atoms with Gasteiger partial charge in [0.05, 0.1) is 0 Å². The van der Waals surface area contributed by atoms with Crippen molar-refractivity contribution in [1.29, 1.82) is 0 Å². The van der Waals surface area contributed by atoms with Gasteiger partial charge in [-0.2, -0.15) is 0 Å². The van der Waals surface area contributed by atoms with Crippen molar-refractivity contribution in [3.05, 3.63) is 0 Å². The Labute approximate surface area is 98.7 Å². The van der Waals surface area contributed by atoms with Crippen LogP contribution >= 0.6 is 0 Å². The number of hydrogen-bond donors (Lipinski definition) is 0. The summed E-state index contributed by atoms with van der Waals surface area (Å²) in [6.45, 7) is 0. The van der Waals surface area contributed by atoms with Crippen molar-refractivity contribution in [1.82, 2.24) is 0 Å². The minimum atomic E-state index is -5.17. The first-order valence-corrected chi connectivity index (χ1v) is 4.00. The summed E-state index contributed by atoms with van der Waals surface area (Å²) in [4.78, 5) is 0. The van der Waals surface area contributed by atoms with Gasteiger partial charge in [0, 0.05) is 20.8 Å².